The molecule has 2 aromatic carbocycles. The molecule has 28 heavy (non-hydrogen) atoms. The smallest absolute Gasteiger partial charge is 0.293 e. The van der Waals surface area contributed by atoms with Crippen molar-refractivity contribution >= 4 is 35.4 Å². The average Bonchev–Trinajstić information content (AvgIpc) is 3.01. The molecule has 1 amide bonds. The molecule has 2 unspecified atom stereocenters. The second-order valence-electron chi connectivity index (χ2n) is 7.16. The summed E-state index contributed by atoms with van der Waals surface area (Å²) >= 11 is 0. The molecule has 148 valence electrons. The van der Waals surface area contributed by atoms with Crippen LogP contribution in [0.1, 0.15) is 29.6 Å². The highest BCUT2D eigenvalue weighted by Gasteiger charge is 2.32. The molecule has 0 spiro atoms. The first-order chi connectivity index (χ1) is 13.1. The maximum Gasteiger partial charge on any atom is 0.293 e. The maximum atomic E-state index is 12.9. The first-order valence-corrected chi connectivity index (χ1v) is 9.26. The normalized spacial score (nSPS) is 20.8. The molecule has 4 rings (SSSR count). The van der Waals surface area contributed by atoms with Crippen LogP contribution in [0.3, 0.4) is 0 Å². The summed E-state index contributed by atoms with van der Waals surface area (Å²) < 4.78 is 0. The summed E-state index contributed by atoms with van der Waals surface area (Å²) in [4.78, 5) is 25.9. The molecule has 0 saturated carbocycles. The Balaban J connectivity index is 0.00000225. The van der Waals surface area contributed by atoms with Crippen LogP contribution in [0.5, 0.6) is 0 Å². The van der Waals surface area contributed by atoms with Gasteiger partial charge in [0.05, 0.1) is 4.92 Å². The molecule has 0 aliphatic carbocycles. The van der Waals surface area contributed by atoms with Crippen molar-refractivity contribution < 1.29 is 9.72 Å². The molecular weight excluding hydrogens is 380 g/mol. The number of anilines is 2. The molecule has 2 N–H and O–H groups in total. The molecule has 2 saturated heterocycles. The fraction of sp³-hybridized carbons (Fsp3) is 0.350. The van der Waals surface area contributed by atoms with Gasteiger partial charge in [0.15, 0.2) is 0 Å². The standard InChI is InChI=1S/C20H22N4O3.ClH/c25-20(23-11-10-16-7-8-17(13-23)21-16)14-6-9-18(19(12-14)24(26)27)22-15-4-2-1-3-5-15;/h1-6,9,12,16-17,21-22H,7-8,10-11,13H2;1H. The number of nitro groups is 1. The second-order valence-corrected chi connectivity index (χ2v) is 7.16. The number of likely N-dealkylation sites (tertiary alicyclic amines) is 1. The monoisotopic (exact) mass is 402 g/mol. The Morgan fingerprint density at radius 1 is 1.11 bits per heavy atom. The van der Waals surface area contributed by atoms with E-state index >= 15 is 0 Å². The highest BCUT2D eigenvalue weighted by molar-refractivity contribution is 5.96. The van der Waals surface area contributed by atoms with Gasteiger partial charge >= 0.3 is 0 Å². The van der Waals surface area contributed by atoms with Gasteiger partial charge in [-0.3, -0.25) is 14.9 Å². The molecule has 2 fully saturated rings. The molecule has 7 nitrogen and oxygen atoms in total. The van der Waals surface area contributed by atoms with Crippen molar-refractivity contribution in [3.63, 3.8) is 0 Å². The van der Waals surface area contributed by atoms with E-state index in [4.69, 9.17) is 0 Å². The Morgan fingerprint density at radius 2 is 1.86 bits per heavy atom. The van der Waals surface area contributed by atoms with E-state index in [1.165, 1.54) is 6.07 Å². The number of halogens is 1. The number of hydrogen-bond acceptors (Lipinski definition) is 5. The lowest BCUT2D eigenvalue weighted by Gasteiger charge is -2.24. The van der Waals surface area contributed by atoms with Crippen molar-refractivity contribution in [2.75, 3.05) is 18.4 Å². The topological polar surface area (TPSA) is 87.5 Å². The van der Waals surface area contributed by atoms with Gasteiger partial charge in [0.25, 0.3) is 11.6 Å². The number of carbonyl (C=O) groups excluding carboxylic acids is 1. The van der Waals surface area contributed by atoms with E-state index in [1.54, 1.807) is 12.1 Å². The Kier molecular flexibility index (Phi) is 6.16. The zero-order chi connectivity index (χ0) is 18.8. The summed E-state index contributed by atoms with van der Waals surface area (Å²) in [5.41, 5.74) is 1.39. The molecule has 2 aliphatic rings. The van der Waals surface area contributed by atoms with Crippen LogP contribution in [0.25, 0.3) is 0 Å². The first-order valence-electron chi connectivity index (χ1n) is 9.26. The van der Waals surface area contributed by atoms with E-state index in [1.807, 2.05) is 35.2 Å². The Hall–Kier alpha value is -2.64. The van der Waals surface area contributed by atoms with E-state index in [-0.39, 0.29) is 24.0 Å². The number of hydrogen-bond donors (Lipinski definition) is 2. The van der Waals surface area contributed by atoms with Crippen LogP contribution < -0.4 is 10.6 Å². The summed E-state index contributed by atoms with van der Waals surface area (Å²) in [7, 11) is 0. The summed E-state index contributed by atoms with van der Waals surface area (Å²) in [6.45, 7) is 1.35. The molecule has 0 aromatic heterocycles. The number of nitrogens with one attached hydrogen (secondary N) is 2. The quantitative estimate of drug-likeness (QED) is 0.601. The van der Waals surface area contributed by atoms with Crippen LogP contribution >= 0.6 is 12.4 Å². The van der Waals surface area contributed by atoms with Crippen LogP contribution in [0.4, 0.5) is 17.1 Å². The third-order valence-corrected chi connectivity index (χ3v) is 5.30. The van der Waals surface area contributed by atoms with Gasteiger partial charge in [0.2, 0.25) is 0 Å². The number of rotatable bonds is 4. The lowest BCUT2D eigenvalue weighted by Crippen LogP contribution is -2.39. The van der Waals surface area contributed by atoms with Crippen molar-refractivity contribution in [1.82, 2.24) is 10.2 Å². The number of carbonyl (C=O) groups is 1. The molecule has 2 atom stereocenters. The van der Waals surface area contributed by atoms with Crippen LogP contribution in [0, 0.1) is 10.1 Å². The number of fused-ring (bicyclic) bond motifs is 2. The highest BCUT2D eigenvalue weighted by Crippen LogP contribution is 2.30. The fourth-order valence-corrected chi connectivity index (χ4v) is 3.91. The first kappa shape index (κ1) is 20.1. The van der Waals surface area contributed by atoms with Gasteiger partial charge in [-0.15, -0.1) is 12.4 Å². The minimum absolute atomic E-state index is 0. The minimum atomic E-state index is -0.450. The summed E-state index contributed by atoms with van der Waals surface area (Å²) in [6, 6.07) is 14.7. The van der Waals surface area contributed by atoms with Gasteiger partial charge in [0.1, 0.15) is 5.69 Å². The molecule has 2 bridgehead atoms. The largest absolute Gasteiger partial charge is 0.350 e. The second kappa shape index (κ2) is 8.58. The van der Waals surface area contributed by atoms with E-state index in [0.717, 1.165) is 24.9 Å². The van der Waals surface area contributed by atoms with Crippen LogP contribution in [-0.4, -0.2) is 40.9 Å². The van der Waals surface area contributed by atoms with Crippen LogP contribution in [-0.2, 0) is 0 Å². The lowest BCUT2D eigenvalue weighted by molar-refractivity contribution is -0.383. The van der Waals surface area contributed by atoms with Crippen LogP contribution in [0.15, 0.2) is 48.5 Å². The van der Waals surface area contributed by atoms with E-state index in [0.29, 0.717) is 36.4 Å². The zero-order valence-corrected chi connectivity index (χ0v) is 16.2. The van der Waals surface area contributed by atoms with Gasteiger partial charge in [0, 0.05) is 42.5 Å². The van der Waals surface area contributed by atoms with Gasteiger partial charge in [-0.2, -0.15) is 0 Å². The molecule has 0 radical (unpaired) electrons. The molecular formula is C20H23ClN4O3. The third kappa shape index (κ3) is 4.26. The molecule has 2 heterocycles. The number of amides is 1. The number of para-hydroxylation sites is 1. The minimum Gasteiger partial charge on any atom is -0.350 e. The summed E-state index contributed by atoms with van der Waals surface area (Å²) in [6.07, 6.45) is 3.17. The predicted octanol–water partition coefficient (Wildman–Crippen LogP) is 3.73. The van der Waals surface area contributed by atoms with Crippen molar-refractivity contribution in [3.05, 3.63) is 64.2 Å². The average molecular weight is 403 g/mol. The highest BCUT2D eigenvalue weighted by atomic mass is 35.5. The molecule has 8 heteroatoms. The predicted molar refractivity (Wildman–Crippen MR) is 111 cm³/mol. The van der Waals surface area contributed by atoms with Gasteiger partial charge in [-0.25, -0.2) is 0 Å². The summed E-state index contributed by atoms with van der Waals surface area (Å²) in [5, 5.41) is 18.2. The van der Waals surface area contributed by atoms with Gasteiger partial charge in [-0.05, 0) is 43.5 Å². The Morgan fingerprint density at radius 3 is 2.61 bits per heavy atom. The maximum absolute atomic E-state index is 12.9. The molecule has 2 aromatic rings. The van der Waals surface area contributed by atoms with Crippen molar-refractivity contribution in [3.8, 4) is 0 Å². The number of benzene rings is 2. The van der Waals surface area contributed by atoms with Gasteiger partial charge in [-0.1, -0.05) is 18.2 Å². The molecule has 2 aliphatic heterocycles. The zero-order valence-electron chi connectivity index (χ0n) is 15.3. The van der Waals surface area contributed by atoms with Crippen molar-refractivity contribution in [2.45, 2.75) is 31.3 Å². The van der Waals surface area contributed by atoms with E-state index < -0.39 is 4.92 Å². The van der Waals surface area contributed by atoms with Gasteiger partial charge < -0.3 is 15.5 Å². The third-order valence-electron chi connectivity index (χ3n) is 5.30. The Labute approximate surface area is 169 Å². The van der Waals surface area contributed by atoms with E-state index in [2.05, 4.69) is 10.6 Å². The van der Waals surface area contributed by atoms with E-state index in [9.17, 15) is 14.9 Å². The van der Waals surface area contributed by atoms with Crippen LogP contribution in [0.2, 0.25) is 0 Å². The van der Waals surface area contributed by atoms with Crippen molar-refractivity contribution in [1.29, 1.82) is 0 Å². The SMILES string of the molecule is Cl.O=C(c1ccc(Nc2ccccc2)c([N+](=O)[O-])c1)N1CCC2CCC(C1)N2. The number of nitro benzene ring substituents is 1. The summed E-state index contributed by atoms with van der Waals surface area (Å²) in [5.74, 6) is -0.140. The number of nitrogens with zero attached hydrogens (tertiary/aromatic N) is 2. The Bertz CT molecular complexity index is 862. The lowest BCUT2D eigenvalue weighted by atomic mass is 10.1. The van der Waals surface area contributed by atoms with Crippen molar-refractivity contribution in [2.24, 2.45) is 0 Å². The fourth-order valence-electron chi connectivity index (χ4n) is 3.91.